The topological polar surface area (TPSA) is 66.9 Å². The first-order chi connectivity index (χ1) is 11.7. The fraction of sp³-hybridized carbons (Fsp3) is 0.389. The molecule has 6 heteroatoms. The molecule has 0 bridgehead atoms. The van der Waals surface area contributed by atoms with Gasteiger partial charge >= 0.3 is 0 Å². The molecule has 0 spiro atoms. The molecule has 1 fully saturated rings. The predicted octanol–water partition coefficient (Wildman–Crippen LogP) is 3.81. The molecule has 0 radical (unpaired) electrons. The monoisotopic (exact) mass is 328 g/mol. The average Bonchev–Trinajstić information content (AvgIpc) is 2.86. The van der Waals surface area contributed by atoms with Gasteiger partial charge in [-0.15, -0.1) is 10.2 Å². The van der Waals surface area contributed by atoms with E-state index >= 15 is 0 Å². The third-order valence-corrected chi connectivity index (χ3v) is 4.22. The highest BCUT2D eigenvalue weighted by molar-refractivity contribution is 5.92. The van der Waals surface area contributed by atoms with Gasteiger partial charge in [0.15, 0.2) is 11.5 Å². The van der Waals surface area contributed by atoms with Crippen molar-refractivity contribution in [3.63, 3.8) is 0 Å². The zero-order chi connectivity index (χ0) is 16.8. The van der Waals surface area contributed by atoms with Crippen LogP contribution in [-0.4, -0.2) is 22.1 Å². The molecule has 1 aromatic carbocycles. The molecule has 0 atom stereocenters. The summed E-state index contributed by atoms with van der Waals surface area (Å²) >= 11 is 0. The standard InChI is InChI=1S/C18H21FN4O/c19-14-9-5-6-10-15(14)21-17-12-11-16(22-23-17)18(24)20-13-7-3-1-2-4-8-13/h5-6,9-13H,1-4,7-8H2,(H,20,24)(H,21,23). The van der Waals surface area contributed by atoms with Crippen LogP contribution >= 0.6 is 0 Å². The minimum Gasteiger partial charge on any atom is -0.348 e. The molecule has 24 heavy (non-hydrogen) atoms. The van der Waals surface area contributed by atoms with Crippen molar-refractivity contribution in [3.8, 4) is 0 Å². The Balaban J connectivity index is 1.61. The maximum Gasteiger partial charge on any atom is 0.272 e. The van der Waals surface area contributed by atoms with Crippen molar-refractivity contribution in [2.75, 3.05) is 5.32 Å². The molecular formula is C18H21FN4O. The van der Waals surface area contributed by atoms with E-state index in [1.165, 1.54) is 18.9 Å². The van der Waals surface area contributed by atoms with Crippen LogP contribution in [0.3, 0.4) is 0 Å². The van der Waals surface area contributed by atoms with Crippen LogP contribution in [0.5, 0.6) is 0 Å². The number of carbonyl (C=O) groups excluding carboxylic acids is 1. The van der Waals surface area contributed by atoms with E-state index in [1.807, 2.05) is 0 Å². The van der Waals surface area contributed by atoms with Crippen LogP contribution < -0.4 is 10.6 Å². The van der Waals surface area contributed by atoms with E-state index in [0.717, 1.165) is 25.7 Å². The van der Waals surface area contributed by atoms with Gasteiger partial charge in [0, 0.05) is 6.04 Å². The quantitative estimate of drug-likeness (QED) is 0.838. The van der Waals surface area contributed by atoms with E-state index in [1.54, 1.807) is 30.3 Å². The highest BCUT2D eigenvalue weighted by Crippen LogP contribution is 2.19. The van der Waals surface area contributed by atoms with Crippen LogP contribution in [0, 0.1) is 5.82 Å². The van der Waals surface area contributed by atoms with E-state index in [4.69, 9.17) is 0 Å². The van der Waals surface area contributed by atoms with Gasteiger partial charge in [-0.1, -0.05) is 37.8 Å². The van der Waals surface area contributed by atoms with Crippen molar-refractivity contribution in [2.24, 2.45) is 0 Å². The molecular weight excluding hydrogens is 307 g/mol. The molecule has 1 aromatic heterocycles. The molecule has 3 rings (SSSR count). The van der Waals surface area contributed by atoms with Gasteiger partial charge in [0.25, 0.3) is 5.91 Å². The second-order valence-electron chi connectivity index (χ2n) is 6.07. The number of hydrogen-bond donors (Lipinski definition) is 2. The summed E-state index contributed by atoms with van der Waals surface area (Å²) in [5.41, 5.74) is 0.598. The van der Waals surface area contributed by atoms with E-state index in [9.17, 15) is 9.18 Å². The van der Waals surface area contributed by atoms with E-state index in [2.05, 4.69) is 20.8 Å². The highest BCUT2D eigenvalue weighted by atomic mass is 19.1. The van der Waals surface area contributed by atoms with Crippen molar-refractivity contribution < 1.29 is 9.18 Å². The van der Waals surface area contributed by atoms with E-state index in [-0.39, 0.29) is 23.5 Å². The third-order valence-electron chi connectivity index (χ3n) is 4.22. The Labute approximate surface area is 140 Å². The van der Waals surface area contributed by atoms with Crippen molar-refractivity contribution in [1.82, 2.24) is 15.5 Å². The van der Waals surface area contributed by atoms with Crippen LogP contribution in [0.2, 0.25) is 0 Å². The zero-order valence-electron chi connectivity index (χ0n) is 13.5. The Hall–Kier alpha value is -2.50. The summed E-state index contributed by atoms with van der Waals surface area (Å²) in [5.74, 6) is -0.174. The first-order valence-electron chi connectivity index (χ1n) is 8.38. The van der Waals surface area contributed by atoms with Crippen molar-refractivity contribution in [3.05, 3.63) is 47.9 Å². The summed E-state index contributed by atoms with van der Waals surface area (Å²) in [6, 6.07) is 9.77. The molecule has 1 saturated carbocycles. The first-order valence-corrected chi connectivity index (χ1v) is 8.38. The number of halogens is 1. The van der Waals surface area contributed by atoms with Gasteiger partial charge in [-0.2, -0.15) is 0 Å². The second kappa shape index (κ2) is 7.86. The molecule has 2 N–H and O–H groups in total. The maximum atomic E-state index is 13.6. The second-order valence-corrected chi connectivity index (χ2v) is 6.07. The summed E-state index contributed by atoms with van der Waals surface area (Å²) in [4.78, 5) is 12.3. The van der Waals surface area contributed by atoms with Gasteiger partial charge < -0.3 is 10.6 Å². The summed E-state index contributed by atoms with van der Waals surface area (Å²) < 4.78 is 13.6. The Morgan fingerprint density at radius 3 is 2.42 bits per heavy atom. The Bertz CT molecular complexity index is 682. The lowest BCUT2D eigenvalue weighted by molar-refractivity contribution is 0.0927. The normalized spacial score (nSPS) is 15.5. The number of nitrogens with zero attached hydrogens (tertiary/aromatic N) is 2. The number of para-hydroxylation sites is 1. The maximum absolute atomic E-state index is 13.6. The average molecular weight is 328 g/mol. The number of amides is 1. The highest BCUT2D eigenvalue weighted by Gasteiger charge is 2.17. The Kier molecular flexibility index (Phi) is 5.36. The number of anilines is 2. The predicted molar refractivity (Wildman–Crippen MR) is 90.7 cm³/mol. The van der Waals surface area contributed by atoms with Gasteiger partial charge in [0.1, 0.15) is 5.82 Å². The third kappa shape index (κ3) is 4.28. The fourth-order valence-electron chi connectivity index (χ4n) is 2.90. The van der Waals surface area contributed by atoms with Crippen LogP contribution in [0.15, 0.2) is 36.4 Å². The summed E-state index contributed by atoms with van der Waals surface area (Å²) in [7, 11) is 0. The largest absolute Gasteiger partial charge is 0.348 e. The van der Waals surface area contributed by atoms with Gasteiger partial charge in [-0.05, 0) is 37.1 Å². The number of benzene rings is 1. The lowest BCUT2D eigenvalue weighted by Gasteiger charge is -2.15. The number of nitrogens with one attached hydrogen (secondary N) is 2. The molecule has 1 heterocycles. The fourth-order valence-corrected chi connectivity index (χ4v) is 2.90. The van der Waals surface area contributed by atoms with Gasteiger partial charge in [-0.3, -0.25) is 4.79 Å². The van der Waals surface area contributed by atoms with Crippen molar-refractivity contribution >= 4 is 17.4 Å². The minimum absolute atomic E-state index is 0.202. The molecule has 0 aliphatic heterocycles. The smallest absolute Gasteiger partial charge is 0.272 e. The number of hydrogen-bond acceptors (Lipinski definition) is 4. The SMILES string of the molecule is O=C(NC1CCCCCC1)c1ccc(Nc2ccccc2F)nn1. The zero-order valence-corrected chi connectivity index (χ0v) is 13.5. The molecule has 0 unspecified atom stereocenters. The van der Waals surface area contributed by atoms with Crippen molar-refractivity contribution in [1.29, 1.82) is 0 Å². The van der Waals surface area contributed by atoms with Crippen LogP contribution in [-0.2, 0) is 0 Å². The van der Waals surface area contributed by atoms with Gasteiger partial charge in [0.05, 0.1) is 5.69 Å². The molecule has 1 amide bonds. The molecule has 1 aliphatic rings. The minimum atomic E-state index is -0.366. The Morgan fingerprint density at radius 1 is 1.00 bits per heavy atom. The molecule has 0 saturated heterocycles. The lowest BCUT2D eigenvalue weighted by atomic mass is 10.1. The molecule has 2 aromatic rings. The van der Waals surface area contributed by atoms with Gasteiger partial charge in [-0.25, -0.2) is 4.39 Å². The molecule has 1 aliphatic carbocycles. The van der Waals surface area contributed by atoms with E-state index in [0.29, 0.717) is 11.5 Å². The number of aromatic nitrogens is 2. The first kappa shape index (κ1) is 16.4. The summed E-state index contributed by atoms with van der Waals surface area (Å²) in [6.45, 7) is 0. The summed E-state index contributed by atoms with van der Waals surface area (Å²) in [6.07, 6.45) is 6.83. The molecule has 5 nitrogen and oxygen atoms in total. The van der Waals surface area contributed by atoms with E-state index < -0.39 is 0 Å². The van der Waals surface area contributed by atoms with Crippen LogP contribution in [0.1, 0.15) is 49.0 Å². The number of carbonyl (C=O) groups is 1. The molecule has 126 valence electrons. The summed E-state index contributed by atoms with van der Waals surface area (Å²) in [5, 5.41) is 13.8. The van der Waals surface area contributed by atoms with Crippen LogP contribution in [0.4, 0.5) is 15.9 Å². The number of rotatable bonds is 4. The Morgan fingerprint density at radius 2 is 1.75 bits per heavy atom. The lowest BCUT2D eigenvalue weighted by Crippen LogP contribution is -2.35. The van der Waals surface area contributed by atoms with Gasteiger partial charge in [0.2, 0.25) is 0 Å². The van der Waals surface area contributed by atoms with Crippen molar-refractivity contribution in [2.45, 2.75) is 44.6 Å². The van der Waals surface area contributed by atoms with Crippen LogP contribution in [0.25, 0.3) is 0 Å².